The molecule has 3 aliphatic heterocycles. The molecule has 0 aliphatic carbocycles. The van der Waals surface area contributed by atoms with Crippen molar-refractivity contribution in [1.82, 2.24) is 9.97 Å². The van der Waals surface area contributed by atoms with E-state index in [9.17, 15) is 13.6 Å². The lowest BCUT2D eigenvalue weighted by atomic mass is 9.78. The molecule has 5 rings (SSSR count). The van der Waals surface area contributed by atoms with Crippen molar-refractivity contribution in [3.8, 4) is 5.88 Å². The average molecular weight is 474 g/mol. The summed E-state index contributed by atoms with van der Waals surface area (Å²) in [5.41, 5.74) is 5.96. The van der Waals surface area contributed by atoms with Crippen LogP contribution in [0.5, 0.6) is 5.88 Å². The maximum Gasteiger partial charge on any atom is 0.227 e. The number of halogens is 2. The van der Waals surface area contributed by atoms with E-state index in [1.807, 2.05) is 6.07 Å². The molecule has 4 heterocycles. The van der Waals surface area contributed by atoms with Crippen LogP contribution in [-0.4, -0.2) is 53.8 Å². The summed E-state index contributed by atoms with van der Waals surface area (Å²) in [6.07, 6.45) is 5.00. The van der Waals surface area contributed by atoms with E-state index in [1.54, 1.807) is 4.90 Å². The number of hydrogen-bond donors (Lipinski definition) is 1. The Morgan fingerprint density at radius 1 is 1.06 bits per heavy atom. The van der Waals surface area contributed by atoms with Gasteiger partial charge in [0.25, 0.3) is 0 Å². The number of nitrogen functional groups attached to an aromatic ring is 1. The fraction of sp³-hybridized carbons (Fsp3) is 0.542. The Morgan fingerprint density at radius 2 is 1.82 bits per heavy atom. The number of benzene rings is 1. The first-order chi connectivity index (χ1) is 16.4. The van der Waals surface area contributed by atoms with Crippen LogP contribution in [0.15, 0.2) is 24.3 Å². The highest BCUT2D eigenvalue weighted by molar-refractivity contribution is 5.95. The first kappa shape index (κ1) is 22.8. The molecule has 1 spiro atoms. The highest BCUT2D eigenvalue weighted by Gasteiger charge is 2.45. The summed E-state index contributed by atoms with van der Waals surface area (Å²) in [4.78, 5) is 25.4. The summed E-state index contributed by atoms with van der Waals surface area (Å²) in [5, 5.41) is 0. The first-order valence-corrected chi connectivity index (χ1v) is 11.9. The molecule has 8 nitrogen and oxygen atoms in total. The Kier molecular flexibility index (Phi) is 6.24. The van der Waals surface area contributed by atoms with Gasteiger partial charge in [-0.15, -0.1) is 0 Å². The zero-order chi connectivity index (χ0) is 23.7. The minimum Gasteiger partial charge on any atom is -0.474 e. The topological polar surface area (TPSA) is 93.8 Å². The molecule has 0 saturated carbocycles. The van der Waals surface area contributed by atoms with Gasteiger partial charge in [-0.2, -0.15) is 9.97 Å². The van der Waals surface area contributed by atoms with Gasteiger partial charge in [0.05, 0.1) is 18.8 Å². The second kappa shape index (κ2) is 9.32. The van der Waals surface area contributed by atoms with Gasteiger partial charge in [-0.05, 0) is 37.8 Å². The highest BCUT2D eigenvalue weighted by atomic mass is 19.2. The molecule has 182 valence electrons. The molecule has 34 heavy (non-hydrogen) atoms. The second-order valence-electron chi connectivity index (χ2n) is 9.24. The van der Waals surface area contributed by atoms with Gasteiger partial charge in [-0.3, -0.25) is 4.79 Å². The molecule has 1 aromatic heterocycles. The van der Waals surface area contributed by atoms with Crippen molar-refractivity contribution in [2.45, 2.75) is 56.6 Å². The standard InChI is InChI=1S/C24H29F2N5O3/c25-18-4-3-16(14-19(18)26)31-22(32)2-1-7-24(31)8-10-30(11-9-24)20-15-21(29-23(27)28-20)34-17-5-12-33-13-6-17/h3-4,14-15,17H,1-2,5-13H2,(H2,27,28,29). The van der Waals surface area contributed by atoms with Crippen LogP contribution in [0, 0.1) is 11.6 Å². The average Bonchev–Trinajstić information content (AvgIpc) is 2.82. The van der Waals surface area contributed by atoms with E-state index in [0.717, 1.165) is 37.8 Å². The largest absolute Gasteiger partial charge is 0.474 e. The predicted molar refractivity (Wildman–Crippen MR) is 123 cm³/mol. The van der Waals surface area contributed by atoms with Crippen LogP contribution < -0.4 is 20.3 Å². The van der Waals surface area contributed by atoms with Crippen molar-refractivity contribution in [2.24, 2.45) is 0 Å². The fourth-order valence-corrected chi connectivity index (χ4v) is 5.34. The van der Waals surface area contributed by atoms with Gasteiger partial charge in [-0.25, -0.2) is 8.78 Å². The summed E-state index contributed by atoms with van der Waals surface area (Å²) in [7, 11) is 0. The number of aromatic nitrogens is 2. The van der Waals surface area contributed by atoms with E-state index in [-0.39, 0.29) is 18.0 Å². The monoisotopic (exact) mass is 473 g/mol. The zero-order valence-electron chi connectivity index (χ0n) is 19.0. The number of carbonyl (C=O) groups excluding carboxylic acids is 1. The van der Waals surface area contributed by atoms with Crippen molar-refractivity contribution in [1.29, 1.82) is 0 Å². The van der Waals surface area contributed by atoms with E-state index in [4.69, 9.17) is 15.2 Å². The molecule has 1 aromatic carbocycles. The van der Waals surface area contributed by atoms with Crippen molar-refractivity contribution in [3.05, 3.63) is 35.9 Å². The third-order valence-corrected chi connectivity index (χ3v) is 7.10. The summed E-state index contributed by atoms with van der Waals surface area (Å²) in [5.74, 6) is -0.633. The van der Waals surface area contributed by atoms with E-state index in [2.05, 4.69) is 14.9 Å². The van der Waals surface area contributed by atoms with E-state index in [1.165, 1.54) is 6.07 Å². The number of ether oxygens (including phenoxy) is 2. The smallest absolute Gasteiger partial charge is 0.227 e. The van der Waals surface area contributed by atoms with Gasteiger partial charge in [-0.1, -0.05) is 0 Å². The maximum atomic E-state index is 14.0. The Morgan fingerprint density at radius 3 is 2.56 bits per heavy atom. The Labute approximate surface area is 197 Å². The molecule has 0 atom stereocenters. The van der Waals surface area contributed by atoms with Crippen LogP contribution in [0.1, 0.15) is 44.9 Å². The van der Waals surface area contributed by atoms with Crippen LogP contribution in [0.25, 0.3) is 0 Å². The van der Waals surface area contributed by atoms with Crippen molar-refractivity contribution in [2.75, 3.05) is 41.8 Å². The molecule has 10 heteroatoms. The second-order valence-corrected chi connectivity index (χ2v) is 9.24. The number of hydrogen-bond acceptors (Lipinski definition) is 7. The number of anilines is 3. The Bertz CT molecular complexity index is 1050. The van der Waals surface area contributed by atoms with Crippen LogP contribution in [0.4, 0.5) is 26.2 Å². The Balaban J connectivity index is 1.33. The molecule has 1 amide bonds. The van der Waals surface area contributed by atoms with E-state index >= 15 is 0 Å². The first-order valence-electron chi connectivity index (χ1n) is 11.9. The molecular weight excluding hydrogens is 444 g/mol. The van der Waals surface area contributed by atoms with Gasteiger partial charge < -0.3 is 25.0 Å². The molecular formula is C24H29F2N5O3. The molecule has 2 N–H and O–H groups in total. The van der Waals surface area contributed by atoms with Gasteiger partial charge >= 0.3 is 0 Å². The molecule has 0 radical (unpaired) electrons. The van der Waals surface area contributed by atoms with E-state index < -0.39 is 17.2 Å². The molecule has 3 saturated heterocycles. The van der Waals surface area contributed by atoms with Crippen LogP contribution in [-0.2, 0) is 9.53 Å². The fourth-order valence-electron chi connectivity index (χ4n) is 5.34. The number of amides is 1. The summed E-state index contributed by atoms with van der Waals surface area (Å²) < 4.78 is 38.9. The number of piperidine rings is 2. The number of rotatable bonds is 4. The quantitative estimate of drug-likeness (QED) is 0.727. The van der Waals surface area contributed by atoms with Crippen molar-refractivity contribution < 1.29 is 23.0 Å². The maximum absolute atomic E-state index is 14.0. The van der Waals surface area contributed by atoms with Crippen LogP contribution in [0.3, 0.4) is 0 Å². The number of nitrogens with two attached hydrogens (primary N) is 1. The van der Waals surface area contributed by atoms with Crippen LogP contribution >= 0.6 is 0 Å². The van der Waals surface area contributed by atoms with Gasteiger partial charge in [0.15, 0.2) is 11.6 Å². The minimum atomic E-state index is -0.947. The molecule has 3 aliphatic rings. The third kappa shape index (κ3) is 4.51. The van der Waals surface area contributed by atoms with Gasteiger partial charge in [0.1, 0.15) is 11.9 Å². The molecule has 2 aromatic rings. The highest BCUT2D eigenvalue weighted by Crippen LogP contribution is 2.42. The summed E-state index contributed by atoms with van der Waals surface area (Å²) in [6, 6.07) is 5.50. The number of nitrogens with zero attached hydrogens (tertiary/aromatic N) is 4. The normalized spacial score (nSPS) is 21.2. The molecule has 0 unspecified atom stereocenters. The minimum absolute atomic E-state index is 0.0402. The lowest BCUT2D eigenvalue weighted by Crippen LogP contribution is -2.60. The van der Waals surface area contributed by atoms with Gasteiger partial charge in [0, 0.05) is 50.2 Å². The Hall–Kier alpha value is -3.01. The molecule has 0 bridgehead atoms. The van der Waals surface area contributed by atoms with E-state index in [0.29, 0.717) is 63.0 Å². The van der Waals surface area contributed by atoms with Crippen molar-refractivity contribution >= 4 is 23.4 Å². The zero-order valence-corrected chi connectivity index (χ0v) is 19.0. The predicted octanol–water partition coefficient (Wildman–Crippen LogP) is 3.45. The summed E-state index contributed by atoms with van der Waals surface area (Å²) >= 11 is 0. The molecule has 3 fully saturated rings. The number of carbonyl (C=O) groups is 1. The SMILES string of the molecule is Nc1nc(OC2CCOCC2)cc(N2CCC3(CCCC(=O)N3c3ccc(F)c(F)c3)CC2)n1. The van der Waals surface area contributed by atoms with Crippen molar-refractivity contribution in [3.63, 3.8) is 0 Å². The lowest BCUT2D eigenvalue weighted by molar-refractivity contribution is -0.121. The van der Waals surface area contributed by atoms with Crippen LogP contribution in [0.2, 0.25) is 0 Å². The third-order valence-electron chi connectivity index (χ3n) is 7.10. The van der Waals surface area contributed by atoms with Gasteiger partial charge in [0.2, 0.25) is 17.7 Å². The summed E-state index contributed by atoms with van der Waals surface area (Å²) in [6.45, 7) is 2.61. The lowest BCUT2D eigenvalue weighted by Gasteiger charge is -2.51.